The number of fused-ring (bicyclic) bond motifs is 3. The summed E-state index contributed by atoms with van der Waals surface area (Å²) in [7, 11) is 0. The van der Waals surface area contributed by atoms with E-state index in [1.54, 1.807) is 12.1 Å². The summed E-state index contributed by atoms with van der Waals surface area (Å²) in [6, 6.07) is 13.0. The maximum Gasteiger partial charge on any atom is 0.260 e. The van der Waals surface area contributed by atoms with Gasteiger partial charge in [-0.15, -0.1) is 0 Å². The van der Waals surface area contributed by atoms with E-state index in [1.165, 1.54) is 0 Å². The number of anilines is 1. The van der Waals surface area contributed by atoms with Gasteiger partial charge in [-0.2, -0.15) is 0 Å². The fourth-order valence-corrected chi connectivity index (χ4v) is 3.61. The van der Waals surface area contributed by atoms with Crippen LogP contribution >= 0.6 is 15.9 Å². The Bertz CT molecular complexity index is 1070. The molecule has 6 nitrogen and oxygen atoms in total. The third kappa shape index (κ3) is 2.35. The summed E-state index contributed by atoms with van der Waals surface area (Å²) in [5, 5.41) is 4.78. The van der Waals surface area contributed by atoms with Gasteiger partial charge in [-0.3, -0.25) is 4.79 Å². The van der Waals surface area contributed by atoms with Gasteiger partial charge in [0, 0.05) is 15.5 Å². The molecule has 130 valence electrons. The van der Waals surface area contributed by atoms with E-state index in [-0.39, 0.29) is 19.5 Å². The molecule has 7 heteroatoms. The van der Waals surface area contributed by atoms with Crippen LogP contribution in [0.1, 0.15) is 10.4 Å². The maximum absolute atomic E-state index is 12.9. The average molecular weight is 414 g/mol. The normalized spacial score (nSPS) is 13.9. The first-order valence-electron chi connectivity index (χ1n) is 7.92. The highest BCUT2D eigenvalue weighted by Gasteiger charge is 2.25. The fraction of sp³-hybridized carbons (Fsp3) is 0.105. The Morgan fingerprint density at radius 3 is 2.58 bits per heavy atom. The van der Waals surface area contributed by atoms with Gasteiger partial charge in [0.2, 0.25) is 13.6 Å². The fourth-order valence-electron chi connectivity index (χ4n) is 3.12. The smallest absolute Gasteiger partial charge is 0.260 e. The summed E-state index contributed by atoms with van der Waals surface area (Å²) in [5.41, 5.74) is 1.08. The Kier molecular flexibility index (Phi) is 3.43. The van der Waals surface area contributed by atoms with Crippen molar-refractivity contribution in [3.8, 4) is 23.0 Å². The Balaban J connectivity index is 1.56. The highest BCUT2D eigenvalue weighted by Crippen LogP contribution is 2.41. The van der Waals surface area contributed by atoms with Gasteiger partial charge in [-0.05, 0) is 51.6 Å². The molecule has 0 saturated carbocycles. The molecule has 0 spiro atoms. The minimum Gasteiger partial charge on any atom is -0.454 e. The molecule has 0 bridgehead atoms. The lowest BCUT2D eigenvalue weighted by Gasteiger charge is -2.12. The van der Waals surface area contributed by atoms with Crippen molar-refractivity contribution >= 4 is 38.3 Å². The van der Waals surface area contributed by atoms with Crippen molar-refractivity contribution in [3.63, 3.8) is 0 Å². The van der Waals surface area contributed by atoms with Crippen LogP contribution in [-0.4, -0.2) is 19.5 Å². The molecule has 0 unspecified atom stereocenters. The van der Waals surface area contributed by atoms with Crippen LogP contribution < -0.4 is 24.3 Å². The predicted molar refractivity (Wildman–Crippen MR) is 98.3 cm³/mol. The number of rotatable bonds is 2. The van der Waals surface area contributed by atoms with Gasteiger partial charge in [0.25, 0.3) is 5.91 Å². The van der Waals surface area contributed by atoms with E-state index in [9.17, 15) is 4.79 Å². The van der Waals surface area contributed by atoms with Crippen molar-refractivity contribution in [3.05, 3.63) is 52.5 Å². The first kappa shape index (κ1) is 15.3. The lowest BCUT2D eigenvalue weighted by atomic mass is 10.1. The van der Waals surface area contributed by atoms with Crippen molar-refractivity contribution in [2.24, 2.45) is 0 Å². The van der Waals surface area contributed by atoms with E-state index in [0.29, 0.717) is 38.7 Å². The molecule has 2 aliphatic rings. The molecular formula is C19H12BrNO5. The van der Waals surface area contributed by atoms with Gasteiger partial charge >= 0.3 is 0 Å². The minimum absolute atomic E-state index is 0.101. The van der Waals surface area contributed by atoms with Crippen molar-refractivity contribution in [2.45, 2.75) is 0 Å². The van der Waals surface area contributed by atoms with E-state index >= 15 is 0 Å². The van der Waals surface area contributed by atoms with Gasteiger partial charge in [0.1, 0.15) is 0 Å². The monoisotopic (exact) mass is 413 g/mol. The minimum atomic E-state index is -0.288. The third-order valence-electron chi connectivity index (χ3n) is 4.34. The van der Waals surface area contributed by atoms with E-state index in [1.807, 2.05) is 30.3 Å². The SMILES string of the molecule is O=C(Nc1cccc2cc3c(cc12)OCO3)c1c(Br)ccc2c1OCO2. The molecule has 0 aromatic heterocycles. The lowest BCUT2D eigenvalue weighted by molar-refractivity contribution is 0.102. The zero-order valence-corrected chi connectivity index (χ0v) is 15.0. The molecule has 0 fully saturated rings. The number of halogens is 1. The molecule has 2 heterocycles. The van der Waals surface area contributed by atoms with Crippen molar-refractivity contribution in [2.75, 3.05) is 18.9 Å². The molecule has 1 N–H and O–H groups in total. The van der Waals surface area contributed by atoms with E-state index in [4.69, 9.17) is 18.9 Å². The molecule has 26 heavy (non-hydrogen) atoms. The van der Waals surface area contributed by atoms with Crippen molar-refractivity contribution in [1.82, 2.24) is 0 Å². The second-order valence-electron chi connectivity index (χ2n) is 5.84. The molecular weight excluding hydrogens is 402 g/mol. The van der Waals surface area contributed by atoms with Crippen LogP contribution in [-0.2, 0) is 0 Å². The summed E-state index contributed by atoms with van der Waals surface area (Å²) in [4.78, 5) is 12.9. The molecule has 2 aliphatic heterocycles. The van der Waals surface area contributed by atoms with Gasteiger partial charge in [0.05, 0.1) is 5.56 Å². The second kappa shape index (κ2) is 5.81. The van der Waals surface area contributed by atoms with Gasteiger partial charge in [-0.25, -0.2) is 0 Å². The summed E-state index contributed by atoms with van der Waals surface area (Å²) < 4.78 is 22.3. The van der Waals surface area contributed by atoms with Crippen LogP contribution in [0.3, 0.4) is 0 Å². The number of benzene rings is 3. The summed E-state index contributed by atoms with van der Waals surface area (Å²) in [6.45, 7) is 0.303. The van der Waals surface area contributed by atoms with E-state index in [2.05, 4.69) is 21.2 Å². The number of nitrogens with one attached hydrogen (secondary N) is 1. The number of hydrogen-bond acceptors (Lipinski definition) is 5. The van der Waals surface area contributed by atoms with Crippen LogP contribution in [0.4, 0.5) is 5.69 Å². The Labute approximate surface area is 156 Å². The first-order chi connectivity index (χ1) is 12.7. The van der Waals surface area contributed by atoms with Gasteiger partial charge in [0.15, 0.2) is 23.0 Å². The van der Waals surface area contributed by atoms with Gasteiger partial charge < -0.3 is 24.3 Å². The highest BCUT2D eigenvalue weighted by molar-refractivity contribution is 9.10. The van der Waals surface area contributed by atoms with Gasteiger partial charge in [-0.1, -0.05) is 12.1 Å². The number of ether oxygens (including phenoxy) is 4. The second-order valence-corrected chi connectivity index (χ2v) is 6.70. The topological polar surface area (TPSA) is 66.0 Å². The van der Waals surface area contributed by atoms with Crippen molar-refractivity contribution < 1.29 is 23.7 Å². The molecule has 0 aliphatic carbocycles. The quantitative estimate of drug-likeness (QED) is 0.677. The highest BCUT2D eigenvalue weighted by atomic mass is 79.9. The van der Waals surface area contributed by atoms with Crippen molar-refractivity contribution in [1.29, 1.82) is 0 Å². The van der Waals surface area contributed by atoms with Crippen LogP contribution in [0.25, 0.3) is 10.8 Å². The summed E-state index contributed by atoms with van der Waals surface area (Å²) in [6.07, 6.45) is 0. The molecule has 3 aromatic rings. The third-order valence-corrected chi connectivity index (χ3v) is 5.00. The number of amides is 1. The molecule has 5 rings (SSSR count). The number of carbonyl (C=O) groups is 1. The molecule has 3 aromatic carbocycles. The Morgan fingerprint density at radius 1 is 0.923 bits per heavy atom. The maximum atomic E-state index is 12.9. The number of hydrogen-bond donors (Lipinski definition) is 1. The first-order valence-corrected chi connectivity index (χ1v) is 8.72. The largest absolute Gasteiger partial charge is 0.454 e. The Hall–Kier alpha value is -2.93. The zero-order chi connectivity index (χ0) is 17.7. The molecule has 0 saturated heterocycles. The molecule has 0 radical (unpaired) electrons. The lowest BCUT2D eigenvalue weighted by Crippen LogP contribution is -2.14. The standard InChI is InChI=1S/C19H12BrNO5/c20-12-4-5-14-18(26-9-23-14)17(12)19(22)21-13-3-1-2-10-6-15-16(7-11(10)13)25-8-24-15/h1-7H,8-9H2,(H,21,22). The molecule has 1 amide bonds. The van der Waals surface area contributed by atoms with Crippen LogP contribution in [0, 0.1) is 0 Å². The van der Waals surface area contributed by atoms with Crippen LogP contribution in [0.5, 0.6) is 23.0 Å². The molecule has 0 atom stereocenters. The number of carbonyl (C=O) groups excluding carboxylic acids is 1. The Morgan fingerprint density at radius 2 is 1.69 bits per heavy atom. The van der Waals surface area contributed by atoms with E-state index < -0.39 is 0 Å². The predicted octanol–water partition coefficient (Wildman–Crippen LogP) is 4.31. The average Bonchev–Trinajstić information content (AvgIpc) is 3.28. The zero-order valence-electron chi connectivity index (χ0n) is 13.4. The summed E-state index contributed by atoms with van der Waals surface area (Å²) in [5.74, 6) is 2.08. The van der Waals surface area contributed by atoms with E-state index in [0.717, 1.165) is 10.8 Å². The van der Waals surface area contributed by atoms with Crippen LogP contribution in [0.2, 0.25) is 0 Å². The summed E-state index contributed by atoms with van der Waals surface area (Å²) >= 11 is 3.42. The van der Waals surface area contributed by atoms with Crippen LogP contribution in [0.15, 0.2) is 46.9 Å².